The van der Waals surface area contributed by atoms with Crippen LogP contribution in [0, 0.1) is 0 Å². The highest BCUT2D eigenvalue weighted by Gasteiger charge is 2.28. The second kappa shape index (κ2) is 6.88. The Hall–Kier alpha value is -1.37. The van der Waals surface area contributed by atoms with Gasteiger partial charge < -0.3 is 25.1 Å². The van der Waals surface area contributed by atoms with Crippen molar-refractivity contribution in [2.75, 3.05) is 33.3 Å². The first kappa shape index (κ1) is 15.0. The Morgan fingerprint density at radius 1 is 1.50 bits per heavy atom. The van der Waals surface area contributed by atoms with Gasteiger partial charge in [0.15, 0.2) is 5.76 Å². The van der Waals surface area contributed by atoms with Crippen molar-refractivity contribution in [2.24, 2.45) is 5.73 Å². The van der Waals surface area contributed by atoms with Crippen molar-refractivity contribution in [3.05, 3.63) is 23.7 Å². The Labute approximate surface area is 119 Å². The van der Waals surface area contributed by atoms with Crippen molar-refractivity contribution in [1.29, 1.82) is 0 Å². The maximum Gasteiger partial charge on any atom is 0.289 e. The Morgan fingerprint density at radius 3 is 2.75 bits per heavy atom. The van der Waals surface area contributed by atoms with Crippen LogP contribution in [0.5, 0.6) is 0 Å². The Morgan fingerprint density at radius 2 is 2.20 bits per heavy atom. The number of aliphatic hydroxyl groups is 1. The maximum absolute atomic E-state index is 12.5. The summed E-state index contributed by atoms with van der Waals surface area (Å²) in [4.78, 5) is 16.5. The SMILES string of the molecule is CN1CCC(N(CCO)C(=O)c2ccc(CN)o2)CC1. The lowest BCUT2D eigenvalue weighted by Gasteiger charge is -2.36. The number of carbonyl (C=O) groups excluding carboxylic acids is 1. The summed E-state index contributed by atoms with van der Waals surface area (Å²) in [6.07, 6.45) is 1.85. The molecule has 0 atom stereocenters. The summed E-state index contributed by atoms with van der Waals surface area (Å²) in [6, 6.07) is 3.54. The van der Waals surface area contributed by atoms with Crippen LogP contribution in [0.4, 0.5) is 0 Å². The third-order valence-electron chi connectivity index (χ3n) is 3.80. The van der Waals surface area contributed by atoms with Crippen LogP contribution < -0.4 is 5.73 Å². The van der Waals surface area contributed by atoms with Gasteiger partial charge in [0, 0.05) is 12.6 Å². The van der Waals surface area contributed by atoms with Crippen LogP contribution >= 0.6 is 0 Å². The number of hydrogen-bond donors (Lipinski definition) is 2. The fourth-order valence-electron chi connectivity index (χ4n) is 2.61. The number of rotatable bonds is 5. The van der Waals surface area contributed by atoms with Crippen LogP contribution in [0.15, 0.2) is 16.5 Å². The number of carbonyl (C=O) groups is 1. The van der Waals surface area contributed by atoms with E-state index in [-0.39, 0.29) is 25.1 Å². The highest BCUT2D eigenvalue weighted by atomic mass is 16.4. The van der Waals surface area contributed by atoms with Crippen molar-refractivity contribution in [2.45, 2.75) is 25.4 Å². The van der Waals surface area contributed by atoms with E-state index in [1.165, 1.54) is 0 Å². The zero-order valence-corrected chi connectivity index (χ0v) is 11.9. The number of aliphatic hydroxyl groups excluding tert-OH is 1. The zero-order valence-electron chi connectivity index (χ0n) is 11.9. The highest BCUT2D eigenvalue weighted by Crippen LogP contribution is 2.19. The monoisotopic (exact) mass is 281 g/mol. The summed E-state index contributed by atoms with van der Waals surface area (Å²) in [7, 11) is 2.08. The average Bonchev–Trinajstić information content (AvgIpc) is 2.94. The van der Waals surface area contributed by atoms with Crippen molar-refractivity contribution in [3.8, 4) is 0 Å². The van der Waals surface area contributed by atoms with Gasteiger partial charge in [0.2, 0.25) is 0 Å². The predicted molar refractivity (Wildman–Crippen MR) is 75.2 cm³/mol. The minimum absolute atomic E-state index is 0.0392. The first-order valence-corrected chi connectivity index (χ1v) is 7.05. The van der Waals surface area contributed by atoms with Crippen LogP contribution in [-0.2, 0) is 6.54 Å². The van der Waals surface area contributed by atoms with E-state index in [9.17, 15) is 9.90 Å². The molecule has 0 bridgehead atoms. The average molecular weight is 281 g/mol. The van der Waals surface area contributed by atoms with E-state index in [1.807, 2.05) is 0 Å². The van der Waals surface area contributed by atoms with Gasteiger partial charge in [-0.2, -0.15) is 0 Å². The largest absolute Gasteiger partial charge is 0.455 e. The van der Waals surface area contributed by atoms with Gasteiger partial charge in [-0.15, -0.1) is 0 Å². The Balaban J connectivity index is 2.08. The summed E-state index contributed by atoms with van der Waals surface area (Å²) in [5, 5.41) is 9.21. The second-order valence-electron chi connectivity index (χ2n) is 5.23. The number of furan rings is 1. The quantitative estimate of drug-likeness (QED) is 0.809. The lowest BCUT2D eigenvalue weighted by atomic mass is 10.0. The molecule has 6 nitrogen and oxygen atoms in total. The normalized spacial score (nSPS) is 17.4. The molecule has 0 saturated carbocycles. The molecule has 6 heteroatoms. The number of nitrogens with zero attached hydrogens (tertiary/aromatic N) is 2. The molecule has 20 heavy (non-hydrogen) atoms. The van der Waals surface area contributed by atoms with Gasteiger partial charge in [-0.05, 0) is 45.1 Å². The minimum Gasteiger partial charge on any atom is -0.455 e. The first-order valence-electron chi connectivity index (χ1n) is 7.05. The van der Waals surface area contributed by atoms with Gasteiger partial charge in [-0.1, -0.05) is 0 Å². The van der Waals surface area contributed by atoms with E-state index in [4.69, 9.17) is 10.2 Å². The van der Waals surface area contributed by atoms with Gasteiger partial charge in [0.1, 0.15) is 5.76 Å². The van der Waals surface area contributed by atoms with Crippen LogP contribution in [0.2, 0.25) is 0 Å². The Kier molecular flexibility index (Phi) is 5.17. The molecule has 1 amide bonds. The number of nitrogens with two attached hydrogens (primary N) is 1. The molecule has 0 aromatic carbocycles. The van der Waals surface area contributed by atoms with Crippen LogP contribution in [0.1, 0.15) is 29.2 Å². The topological polar surface area (TPSA) is 82.9 Å². The molecule has 112 valence electrons. The van der Waals surface area contributed by atoms with Gasteiger partial charge >= 0.3 is 0 Å². The molecule has 0 aliphatic carbocycles. The van der Waals surface area contributed by atoms with Gasteiger partial charge in [-0.25, -0.2) is 0 Å². The van der Waals surface area contributed by atoms with Crippen molar-refractivity contribution >= 4 is 5.91 Å². The molecule has 3 N–H and O–H groups in total. The lowest BCUT2D eigenvalue weighted by Crippen LogP contribution is -2.47. The summed E-state index contributed by atoms with van der Waals surface area (Å²) in [6.45, 7) is 2.51. The number of amides is 1. The molecule has 1 aromatic heterocycles. The van der Waals surface area contributed by atoms with E-state index in [0.29, 0.717) is 18.1 Å². The first-order chi connectivity index (χ1) is 9.65. The van der Waals surface area contributed by atoms with Crippen molar-refractivity contribution in [3.63, 3.8) is 0 Å². The number of piperidine rings is 1. The third-order valence-corrected chi connectivity index (χ3v) is 3.80. The minimum atomic E-state index is -0.159. The van der Waals surface area contributed by atoms with E-state index in [1.54, 1.807) is 17.0 Å². The van der Waals surface area contributed by atoms with Crippen LogP contribution in [0.25, 0.3) is 0 Å². The van der Waals surface area contributed by atoms with E-state index >= 15 is 0 Å². The third kappa shape index (κ3) is 3.39. The van der Waals surface area contributed by atoms with E-state index in [0.717, 1.165) is 25.9 Å². The summed E-state index contributed by atoms with van der Waals surface area (Å²) in [5.74, 6) is 0.742. The molecule has 2 rings (SSSR count). The molecular weight excluding hydrogens is 258 g/mol. The highest BCUT2D eigenvalue weighted by molar-refractivity contribution is 5.91. The molecule has 1 aromatic rings. The smallest absolute Gasteiger partial charge is 0.289 e. The van der Waals surface area contributed by atoms with E-state index in [2.05, 4.69) is 11.9 Å². The second-order valence-corrected chi connectivity index (χ2v) is 5.23. The molecule has 1 fully saturated rings. The summed E-state index contributed by atoms with van der Waals surface area (Å²) < 4.78 is 5.43. The molecule has 1 aliphatic heterocycles. The molecule has 1 aliphatic rings. The maximum atomic E-state index is 12.5. The Bertz CT molecular complexity index is 439. The molecule has 1 saturated heterocycles. The predicted octanol–water partition coefficient (Wildman–Crippen LogP) is 0.267. The molecule has 0 unspecified atom stereocenters. The standard InChI is InChI=1S/C14H23N3O3/c1-16-6-4-11(5-7-16)17(8-9-18)14(19)13-3-2-12(10-15)20-13/h2-3,11,18H,4-10,15H2,1H3. The number of likely N-dealkylation sites (tertiary alicyclic amines) is 1. The fourth-order valence-corrected chi connectivity index (χ4v) is 2.61. The lowest BCUT2D eigenvalue weighted by molar-refractivity contribution is 0.0508. The summed E-state index contributed by atoms with van der Waals surface area (Å²) in [5.41, 5.74) is 5.49. The van der Waals surface area contributed by atoms with Crippen molar-refractivity contribution < 1.29 is 14.3 Å². The number of hydrogen-bond acceptors (Lipinski definition) is 5. The van der Waals surface area contributed by atoms with Gasteiger partial charge in [0.05, 0.1) is 13.2 Å². The molecule has 0 radical (unpaired) electrons. The van der Waals surface area contributed by atoms with Gasteiger partial charge in [0.25, 0.3) is 5.91 Å². The molecule has 2 heterocycles. The molecule has 0 spiro atoms. The molecular formula is C14H23N3O3. The zero-order chi connectivity index (χ0) is 14.5. The fraction of sp³-hybridized carbons (Fsp3) is 0.643. The van der Waals surface area contributed by atoms with Crippen LogP contribution in [-0.4, -0.2) is 60.1 Å². The van der Waals surface area contributed by atoms with Crippen LogP contribution in [0.3, 0.4) is 0 Å². The van der Waals surface area contributed by atoms with Gasteiger partial charge in [-0.3, -0.25) is 4.79 Å². The van der Waals surface area contributed by atoms with Crippen molar-refractivity contribution in [1.82, 2.24) is 9.80 Å². The van der Waals surface area contributed by atoms with E-state index < -0.39 is 0 Å². The summed E-state index contributed by atoms with van der Waals surface area (Å²) >= 11 is 0.